The lowest BCUT2D eigenvalue weighted by molar-refractivity contribution is 0.0989. The van der Waals surface area contributed by atoms with E-state index in [2.05, 4.69) is 26.0 Å². The predicted molar refractivity (Wildman–Crippen MR) is 82.0 cm³/mol. The molecular formula is C15H18BrN3O. The lowest BCUT2D eigenvalue weighted by atomic mass is 10.0. The molecule has 0 bridgehead atoms. The van der Waals surface area contributed by atoms with Gasteiger partial charge in [0.05, 0.1) is 22.3 Å². The zero-order chi connectivity index (χ0) is 14.9. The molecule has 0 atom stereocenters. The molecule has 2 rings (SSSR count). The summed E-state index contributed by atoms with van der Waals surface area (Å²) in [5, 5.41) is 4.41. The number of ketones is 1. The molecule has 2 heterocycles. The summed E-state index contributed by atoms with van der Waals surface area (Å²) in [7, 11) is 1.87. The van der Waals surface area contributed by atoms with Crippen molar-refractivity contribution < 1.29 is 4.79 Å². The summed E-state index contributed by atoms with van der Waals surface area (Å²) < 4.78 is 2.71. The van der Waals surface area contributed by atoms with Crippen molar-refractivity contribution in [2.75, 3.05) is 0 Å². The first-order valence-electron chi connectivity index (χ1n) is 6.61. The number of carbonyl (C=O) groups excluding carboxylic acids is 1. The minimum absolute atomic E-state index is 0.0707. The number of hydrogen-bond acceptors (Lipinski definition) is 3. The number of halogens is 1. The zero-order valence-electron chi connectivity index (χ0n) is 12.2. The summed E-state index contributed by atoms with van der Waals surface area (Å²) in [4.78, 5) is 16.8. The normalized spacial score (nSPS) is 10.8. The Morgan fingerprint density at radius 3 is 2.60 bits per heavy atom. The molecular weight excluding hydrogens is 318 g/mol. The summed E-state index contributed by atoms with van der Waals surface area (Å²) >= 11 is 3.54. The molecule has 0 N–H and O–H groups in total. The lowest BCUT2D eigenvalue weighted by Gasteiger charge is -2.06. The maximum Gasteiger partial charge on any atom is 0.170 e. The molecule has 0 amide bonds. The van der Waals surface area contributed by atoms with Crippen molar-refractivity contribution in [2.24, 2.45) is 7.05 Å². The van der Waals surface area contributed by atoms with Crippen molar-refractivity contribution in [2.45, 2.75) is 33.6 Å². The van der Waals surface area contributed by atoms with Gasteiger partial charge in [-0.1, -0.05) is 6.92 Å². The van der Waals surface area contributed by atoms with Crippen molar-refractivity contribution in [1.82, 2.24) is 14.8 Å². The van der Waals surface area contributed by atoms with E-state index in [0.29, 0.717) is 12.0 Å². The van der Waals surface area contributed by atoms with E-state index in [1.54, 1.807) is 4.68 Å². The van der Waals surface area contributed by atoms with E-state index in [0.717, 1.165) is 33.7 Å². The third kappa shape index (κ3) is 2.82. The molecule has 0 saturated heterocycles. The van der Waals surface area contributed by atoms with Gasteiger partial charge in [-0.3, -0.25) is 14.5 Å². The fraction of sp³-hybridized carbons (Fsp3) is 0.400. The van der Waals surface area contributed by atoms with Crippen LogP contribution in [-0.2, 0) is 19.9 Å². The predicted octanol–water partition coefficient (Wildman–Crippen LogP) is 3.18. The van der Waals surface area contributed by atoms with Crippen LogP contribution in [0, 0.1) is 13.8 Å². The van der Waals surface area contributed by atoms with E-state index < -0.39 is 0 Å². The van der Waals surface area contributed by atoms with Gasteiger partial charge < -0.3 is 0 Å². The van der Waals surface area contributed by atoms with Crippen LogP contribution in [-0.4, -0.2) is 20.5 Å². The molecule has 0 fully saturated rings. The zero-order valence-corrected chi connectivity index (χ0v) is 13.8. The minimum Gasteiger partial charge on any atom is -0.294 e. The highest BCUT2D eigenvalue weighted by Gasteiger charge is 2.18. The Morgan fingerprint density at radius 1 is 1.35 bits per heavy atom. The van der Waals surface area contributed by atoms with Gasteiger partial charge in [0.25, 0.3) is 0 Å². The summed E-state index contributed by atoms with van der Waals surface area (Å²) in [6.07, 6.45) is 1.17. The fourth-order valence-corrected chi connectivity index (χ4v) is 3.00. The summed E-state index contributed by atoms with van der Waals surface area (Å²) in [6.45, 7) is 5.84. The van der Waals surface area contributed by atoms with Gasteiger partial charge in [-0.2, -0.15) is 5.10 Å². The number of pyridine rings is 1. The lowest BCUT2D eigenvalue weighted by Crippen LogP contribution is -2.10. The van der Waals surface area contributed by atoms with E-state index >= 15 is 0 Å². The summed E-state index contributed by atoms with van der Waals surface area (Å²) in [5.74, 6) is 0.0707. The molecule has 0 aliphatic rings. The highest BCUT2D eigenvalue weighted by molar-refractivity contribution is 9.10. The van der Waals surface area contributed by atoms with Crippen LogP contribution in [0.1, 0.15) is 40.1 Å². The molecule has 106 valence electrons. The van der Waals surface area contributed by atoms with Crippen LogP contribution in [0.15, 0.2) is 16.6 Å². The van der Waals surface area contributed by atoms with Crippen LogP contribution >= 0.6 is 15.9 Å². The van der Waals surface area contributed by atoms with Crippen molar-refractivity contribution in [1.29, 1.82) is 0 Å². The largest absolute Gasteiger partial charge is 0.294 e. The molecule has 0 unspecified atom stereocenters. The van der Waals surface area contributed by atoms with Gasteiger partial charge in [-0.15, -0.1) is 0 Å². The average Bonchev–Trinajstić information content (AvgIpc) is 2.66. The van der Waals surface area contributed by atoms with Crippen molar-refractivity contribution >= 4 is 21.7 Å². The standard InChI is InChI=1S/C15H18BrN3O/c1-5-12-15(16)13(19(4)18-12)8-14(20)11-7-6-9(2)17-10(11)3/h6-7H,5,8H2,1-4H3. The maximum absolute atomic E-state index is 12.4. The van der Waals surface area contributed by atoms with Crippen molar-refractivity contribution in [3.63, 3.8) is 0 Å². The van der Waals surface area contributed by atoms with E-state index in [-0.39, 0.29) is 5.78 Å². The molecule has 5 heteroatoms. The van der Waals surface area contributed by atoms with Crippen molar-refractivity contribution in [3.8, 4) is 0 Å². The van der Waals surface area contributed by atoms with Crippen LogP contribution in [0.3, 0.4) is 0 Å². The SMILES string of the molecule is CCc1nn(C)c(CC(=O)c2ccc(C)nc2C)c1Br. The Morgan fingerprint density at radius 2 is 2.05 bits per heavy atom. The van der Waals surface area contributed by atoms with Gasteiger partial charge in [0, 0.05) is 24.0 Å². The molecule has 2 aromatic rings. The fourth-order valence-electron chi connectivity index (χ4n) is 2.24. The second-order valence-electron chi connectivity index (χ2n) is 4.87. The number of nitrogens with zero attached hydrogens (tertiary/aromatic N) is 3. The van der Waals surface area contributed by atoms with Gasteiger partial charge in [0.2, 0.25) is 0 Å². The van der Waals surface area contributed by atoms with E-state index in [1.165, 1.54) is 0 Å². The Bertz CT molecular complexity index is 661. The summed E-state index contributed by atoms with van der Waals surface area (Å²) in [6, 6.07) is 3.72. The van der Waals surface area contributed by atoms with Crippen LogP contribution < -0.4 is 0 Å². The first-order valence-corrected chi connectivity index (χ1v) is 7.41. The average molecular weight is 336 g/mol. The van der Waals surface area contributed by atoms with Crippen LogP contribution in [0.4, 0.5) is 0 Å². The number of aryl methyl sites for hydroxylation is 4. The third-order valence-corrected chi connectivity index (χ3v) is 4.27. The topological polar surface area (TPSA) is 47.8 Å². The number of rotatable bonds is 4. The monoisotopic (exact) mass is 335 g/mol. The smallest absolute Gasteiger partial charge is 0.170 e. The second kappa shape index (κ2) is 5.87. The Hall–Kier alpha value is -1.49. The van der Waals surface area contributed by atoms with Crippen LogP contribution in [0.2, 0.25) is 0 Å². The van der Waals surface area contributed by atoms with E-state index in [4.69, 9.17) is 0 Å². The molecule has 2 aromatic heterocycles. The quantitative estimate of drug-likeness (QED) is 0.806. The Balaban J connectivity index is 2.30. The number of hydrogen-bond donors (Lipinski definition) is 0. The van der Waals surface area contributed by atoms with Crippen molar-refractivity contribution in [3.05, 3.63) is 44.9 Å². The Kier molecular flexibility index (Phi) is 4.38. The second-order valence-corrected chi connectivity index (χ2v) is 5.66. The highest BCUT2D eigenvalue weighted by atomic mass is 79.9. The van der Waals surface area contributed by atoms with Gasteiger partial charge in [-0.25, -0.2) is 0 Å². The van der Waals surface area contributed by atoms with E-state index in [1.807, 2.05) is 40.0 Å². The van der Waals surface area contributed by atoms with Crippen LogP contribution in [0.25, 0.3) is 0 Å². The molecule has 4 nitrogen and oxygen atoms in total. The number of Topliss-reactive ketones (excluding diaryl/α,β-unsaturated/α-hetero) is 1. The molecule has 20 heavy (non-hydrogen) atoms. The first kappa shape index (κ1) is 14.9. The number of aromatic nitrogens is 3. The molecule has 0 saturated carbocycles. The molecule has 0 spiro atoms. The van der Waals surface area contributed by atoms with Gasteiger partial charge in [-0.05, 0) is 48.3 Å². The van der Waals surface area contributed by atoms with Crippen LogP contribution in [0.5, 0.6) is 0 Å². The first-order chi connectivity index (χ1) is 9.43. The minimum atomic E-state index is 0.0707. The molecule has 0 aromatic carbocycles. The highest BCUT2D eigenvalue weighted by Crippen LogP contribution is 2.23. The van der Waals surface area contributed by atoms with Gasteiger partial charge >= 0.3 is 0 Å². The number of carbonyl (C=O) groups is 1. The van der Waals surface area contributed by atoms with Gasteiger partial charge in [0.15, 0.2) is 5.78 Å². The third-order valence-electron chi connectivity index (χ3n) is 3.36. The maximum atomic E-state index is 12.4. The van der Waals surface area contributed by atoms with E-state index in [9.17, 15) is 4.79 Å². The Labute approximate surface area is 127 Å². The molecule has 0 radical (unpaired) electrons. The van der Waals surface area contributed by atoms with Gasteiger partial charge in [0.1, 0.15) is 0 Å². The summed E-state index contributed by atoms with van der Waals surface area (Å²) in [5.41, 5.74) is 4.28. The molecule has 0 aliphatic heterocycles. The molecule has 0 aliphatic carbocycles.